The molecule has 0 radical (unpaired) electrons. The molecule has 15 nitrogen and oxygen atoms in total. The summed E-state index contributed by atoms with van der Waals surface area (Å²) in [5.74, 6) is -1.06. The number of β-lactam (4-membered cyclic amide) rings is 1. The second-order valence-corrected chi connectivity index (χ2v) is 21.6. The van der Waals surface area contributed by atoms with Gasteiger partial charge in [-0.1, -0.05) is 205 Å². The highest BCUT2D eigenvalue weighted by atomic mass is 127. The number of urea groups is 1. The number of pyridine rings is 1. The minimum absolute atomic E-state index is 0. The van der Waals surface area contributed by atoms with Crippen LogP contribution in [-0.4, -0.2) is 63.7 Å². The average Bonchev–Trinajstić information content (AvgIpc) is 1.48. The van der Waals surface area contributed by atoms with Crippen molar-refractivity contribution in [3.8, 4) is 5.75 Å². The van der Waals surface area contributed by atoms with Gasteiger partial charge < -0.3 is 60.0 Å². The number of aromatic nitrogens is 2. The lowest BCUT2D eigenvalue weighted by Gasteiger charge is -2.49. The van der Waals surface area contributed by atoms with Crippen LogP contribution in [0.3, 0.4) is 0 Å². The number of thioether (sulfide) groups is 1. The van der Waals surface area contributed by atoms with Crippen molar-refractivity contribution in [1.29, 1.82) is 0 Å². The molecule has 1 saturated heterocycles. The first-order valence-electron chi connectivity index (χ1n) is 27.0. The largest absolute Gasteiger partial charge is 1.00 e. The average molecular weight is 1280 g/mol. The Kier molecular flexibility index (Phi) is 18.6. The molecule has 2 aliphatic heterocycles. The van der Waals surface area contributed by atoms with Gasteiger partial charge in [0.2, 0.25) is 5.60 Å². The lowest BCUT2D eigenvalue weighted by Crippen LogP contribution is -3.00. The third kappa shape index (κ3) is 12.6. The van der Waals surface area contributed by atoms with Crippen LogP contribution in [0.1, 0.15) is 44.6 Å². The summed E-state index contributed by atoms with van der Waals surface area (Å²) in [6, 6.07) is 68.2. The molecule has 85 heavy (non-hydrogen) atoms. The molecule has 5 N–H and O–H groups in total. The van der Waals surface area contributed by atoms with Crippen LogP contribution in [0.5, 0.6) is 5.75 Å². The molecule has 2 aromatic heterocycles. The molecule has 426 valence electrons. The maximum atomic E-state index is 15.5. The maximum absolute atomic E-state index is 15.5. The zero-order valence-corrected chi connectivity index (χ0v) is 49.7. The standard InChI is InChI=1S/C67H56N8O7S2.HI/c1-80-55-38-36-46(37-39-55)43-81-63(78)59-47(22-20-40-74-41-21-35-54(42-74)69-64(68)79)44-83-62-58(61(77)75(59)62)71-60(76)57(73-82-67(51-29-14-5-15-30-51,52-31-16-6-17-32-52)53-33-18-7-19-34-53)56-45-84-65(70-56)72-66(48-23-8-2-9-24-48,49-25-10-3-11-26-49)50-27-12-4-13-28-50;/h2-39,41-42,45,58,62H,40,43-44H2,1H3,(H4-,68,69,70,71,72,76,79);1H/b22-20+,73-57?;/t58-,62+;/m1./s1. The van der Waals surface area contributed by atoms with Crippen LogP contribution in [0.2, 0.25) is 0 Å². The number of allylic oxidation sites excluding steroid dienone is 2. The molecule has 2 atom stereocenters. The van der Waals surface area contributed by atoms with E-state index in [1.165, 1.54) is 28.0 Å². The molecule has 0 spiro atoms. The van der Waals surface area contributed by atoms with Crippen LogP contribution >= 0.6 is 23.1 Å². The van der Waals surface area contributed by atoms with Crippen molar-refractivity contribution in [2.75, 3.05) is 23.5 Å². The molecule has 9 aromatic rings. The molecule has 7 aromatic carbocycles. The van der Waals surface area contributed by atoms with E-state index in [4.69, 9.17) is 30.2 Å². The number of rotatable bonds is 21. The highest BCUT2D eigenvalue weighted by molar-refractivity contribution is 8.00. The number of nitrogens with one attached hydrogen (secondary N) is 3. The highest BCUT2D eigenvalue weighted by Crippen LogP contribution is 2.44. The number of carbonyl (C=O) groups is 4. The number of thiazole rings is 1. The Morgan fingerprint density at radius 3 is 1.78 bits per heavy atom. The summed E-state index contributed by atoms with van der Waals surface area (Å²) in [6.45, 7) is 0.263. The van der Waals surface area contributed by atoms with Gasteiger partial charge in [0.25, 0.3) is 11.8 Å². The SMILES string of the molecule is COc1ccc(COC(=O)C2=C(/C=C/C[n+]3cccc(NC(N)=O)c3)CS[C@H]3[C@H](NC(=O)C(=NOC(c4ccccc4)(c4ccccc4)c4ccccc4)c4csc(NC(c5ccccc5)(c5ccccc5)c5ccccc5)n4)C(=O)N23)cc1.[I-]. The molecule has 4 heterocycles. The minimum atomic E-state index is -1.39. The van der Waals surface area contributed by atoms with Crippen molar-refractivity contribution in [2.45, 2.75) is 35.7 Å². The van der Waals surface area contributed by atoms with Crippen LogP contribution in [-0.2, 0) is 48.2 Å². The Labute approximate surface area is 517 Å². The number of nitrogens with zero attached hydrogens (tertiary/aromatic N) is 4. The number of methoxy groups -OCH3 is 1. The smallest absolute Gasteiger partial charge is 0.355 e. The summed E-state index contributed by atoms with van der Waals surface area (Å²) in [5, 5.41) is 15.8. The molecule has 2 aliphatic rings. The minimum Gasteiger partial charge on any atom is -1.00 e. The zero-order valence-electron chi connectivity index (χ0n) is 45.9. The van der Waals surface area contributed by atoms with E-state index in [1.54, 1.807) is 61.2 Å². The first-order chi connectivity index (χ1) is 41.1. The van der Waals surface area contributed by atoms with Gasteiger partial charge in [-0.25, -0.2) is 14.6 Å². The summed E-state index contributed by atoms with van der Waals surface area (Å²) in [6.07, 6.45) is 7.16. The Hall–Kier alpha value is -9.37. The quantitative estimate of drug-likeness (QED) is 0.0106. The number of benzene rings is 7. The van der Waals surface area contributed by atoms with Gasteiger partial charge in [0.05, 0.1) is 7.11 Å². The summed E-state index contributed by atoms with van der Waals surface area (Å²) in [7, 11) is 1.57. The Bertz CT molecular complexity index is 3690. The van der Waals surface area contributed by atoms with Crippen molar-refractivity contribution >= 4 is 63.4 Å². The Balaban J connectivity index is 0.00000803. The predicted molar refractivity (Wildman–Crippen MR) is 326 cm³/mol. The van der Waals surface area contributed by atoms with Crippen molar-refractivity contribution in [3.05, 3.63) is 304 Å². The molecular weight excluding hydrogens is 1220 g/mol. The number of halogens is 1. The molecule has 0 unspecified atom stereocenters. The van der Waals surface area contributed by atoms with Gasteiger partial charge in [-0.05, 0) is 52.1 Å². The molecule has 0 saturated carbocycles. The van der Waals surface area contributed by atoms with Crippen molar-refractivity contribution < 1.29 is 62.0 Å². The lowest BCUT2D eigenvalue weighted by atomic mass is 9.77. The number of primary amides is 1. The number of fused-ring (bicyclic) bond motifs is 1. The number of amides is 4. The number of hydrogen-bond donors (Lipinski definition) is 4. The Morgan fingerprint density at radius 1 is 0.729 bits per heavy atom. The van der Waals surface area contributed by atoms with E-state index in [2.05, 4.69) is 52.3 Å². The van der Waals surface area contributed by atoms with Gasteiger partial charge in [0.1, 0.15) is 46.4 Å². The molecule has 18 heteroatoms. The number of anilines is 2. The van der Waals surface area contributed by atoms with Crippen LogP contribution < -0.4 is 55.0 Å². The molecular formula is C67H57IN8O7S2. The number of nitrogens with two attached hydrogens (primary N) is 1. The molecule has 11 rings (SSSR count). The summed E-state index contributed by atoms with van der Waals surface area (Å²) < 4.78 is 13.1. The molecule has 0 aliphatic carbocycles. The van der Waals surface area contributed by atoms with Gasteiger partial charge >= 0.3 is 12.0 Å². The number of carbonyl (C=O) groups excluding carboxylic acids is 4. The number of ether oxygens (including phenoxy) is 2. The van der Waals surface area contributed by atoms with E-state index >= 15 is 4.79 Å². The highest BCUT2D eigenvalue weighted by Gasteiger charge is 2.55. The van der Waals surface area contributed by atoms with Crippen LogP contribution in [0, 0.1) is 0 Å². The fourth-order valence-corrected chi connectivity index (χ4v) is 12.5. The van der Waals surface area contributed by atoms with Crippen molar-refractivity contribution in [1.82, 2.24) is 15.2 Å². The van der Waals surface area contributed by atoms with Crippen molar-refractivity contribution in [3.63, 3.8) is 0 Å². The number of esters is 1. The lowest BCUT2D eigenvalue weighted by molar-refractivity contribution is -0.686. The van der Waals surface area contributed by atoms with Gasteiger partial charge in [0, 0.05) is 33.9 Å². The number of hydrogen-bond acceptors (Lipinski definition) is 12. The molecule has 0 bridgehead atoms. The molecule has 1 fully saturated rings. The van der Waals surface area contributed by atoms with E-state index in [1.807, 2.05) is 162 Å². The fraction of sp³-hybridized carbons (Fsp3) is 0.119. The van der Waals surface area contributed by atoms with E-state index < -0.39 is 46.4 Å². The number of oxime groups is 1. The second-order valence-electron chi connectivity index (χ2n) is 19.7. The third-order valence-corrected chi connectivity index (χ3v) is 16.5. The first kappa shape index (κ1) is 58.8. The van der Waals surface area contributed by atoms with Crippen LogP contribution in [0.15, 0.2) is 265 Å². The van der Waals surface area contributed by atoms with E-state index in [-0.39, 0.29) is 53.4 Å². The fourth-order valence-electron chi connectivity index (χ4n) is 10.5. The third-order valence-electron chi connectivity index (χ3n) is 14.5. The summed E-state index contributed by atoms with van der Waals surface area (Å²) >= 11 is 2.68. The zero-order chi connectivity index (χ0) is 57.9. The normalized spacial score (nSPS) is 15.0. The summed E-state index contributed by atoms with van der Waals surface area (Å²) in [5.41, 5.74) is 9.86. The first-order valence-corrected chi connectivity index (χ1v) is 28.9. The monoisotopic (exact) mass is 1280 g/mol. The van der Waals surface area contributed by atoms with Gasteiger partial charge in [-0.2, -0.15) is 4.57 Å². The van der Waals surface area contributed by atoms with Crippen LogP contribution in [0.4, 0.5) is 15.6 Å². The van der Waals surface area contributed by atoms with E-state index in [0.29, 0.717) is 34.2 Å². The summed E-state index contributed by atoms with van der Waals surface area (Å²) in [4.78, 5) is 69.9. The predicted octanol–water partition coefficient (Wildman–Crippen LogP) is 7.70. The van der Waals surface area contributed by atoms with Gasteiger partial charge in [0.15, 0.2) is 29.8 Å². The van der Waals surface area contributed by atoms with E-state index in [9.17, 15) is 14.4 Å². The van der Waals surface area contributed by atoms with Crippen LogP contribution in [0.25, 0.3) is 0 Å². The van der Waals surface area contributed by atoms with Crippen molar-refractivity contribution in [2.24, 2.45) is 10.9 Å². The van der Waals surface area contributed by atoms with Gasteiger partial charge in [-0.15, -0.1) is 23.1 Å². The topological polar surface area (TPSA) is 190 Å². The van der Waals surface area contributed by atoms with E-state index in [0.717, 1.165) is 33.4 Å². The second kappa shape index (κ2) is 26.9. The Morgan fingerprint density at radius 2 is 1.26 bits per heavy atom. The molecule has 4 amide bonds. The maximum Gasteiger partial charge on any atom is 0.355 e. The van der Waals surface area contributed by atoms with Gasteiger partial charge in [-0.3, -0.25) is 14.5 Å².